The fourth-order valence-electron chi connectivity index (χ4n) is 2.34. The zero-order valence-electron chi connectivity index (χ0n) is 11.7. The number of azo groups is 1. The van der Waals surface area contributed by atoms with Gasteiger partial charge in [-0.25, -0.2) is 0 Å². The number of aromatic nitrogens is 1. The molecule has 0 aliphatic rings. The summed E-state index contributed by atoms with van der Waals surface area (Å²) in [4.78, 5) is 0. The van der Waals surface area contributed by atoms with Gasteiger partial charge in [0.25, 0.3) is 0 Å². The summed E-state index contributed by atoms with van der Waals surface area (Å²) in [6.07, 6.45) is 0. The van der Waals surface area contributed by atoms with E-state index in [1.807, 2.05) is 49.4 Å². The second-order valence-corrected chi connectivity index (χ2v) is 5.76. The minimum atomic E-state index is 0.107. The molecule has 1 heterocycles. The average Bonchev–Trinajstić information content (AvgIpc) is 2.70. The Labute approximate surface area is 130 Å². The number of hydrogen-bond acceptors (Lipinski definition) is 3. The van der Waals surface area contributed by atoms with E-state index in [0.29, 0.717) is 5.69 Å². The fraction of sp³-hybridized carbons (Fsp3) is 0.125. The van der Waals surface area contributed by atoms with Crippen LogP contribution >= 0.6 is 15.9 Å². The predicted molar refractivity (Wildman–Crippen MR) is 87.6 cm³/mol. The Morgan fingerprint density at radius 1 is 1.10 bits per heavy atom. The van der Waals surface area contributed by atoms with Gasteiger partial charge in [-0.2, -0.15) is 5.11 Å². The van der Waals surface area contributed by atoms with Crippen molar-refractivity contribution >= 4 is 38.2 Å². The molecule has 0 spiro atoms. The molecule has 106 valence electrons. The number of aromatic hydroxyl groups is 1. The molecule has 5 heteroatoms. The van der Waals surface area contributed by atoms with Crippen LogP contribution in [0.1, 0.15) is 5.56 Å². The highest BCUT2D eigenvalue weighted by Crippen LogP contribution is 2.41. The van der Waals surface area contributed by atoms with Crippen LogP contribution in [0.3, 0.4) is 0 Å². The van der Waals surface area contributed by atoms with E-state index in [1.54, 1.807) is 11.6 Å². The van der Waals surface area contributed by atoms with Gasteiger partial charge in [0.05, 0.1) is 11.2 Å². The molecule has 0 atom stereocenters. The van der Waals surface area contributed by atoms with Crippen molar-refractivity contribution in [3.05, 3.63) is 52.5 Å². The van der Waals surface area contributed by atoms with Crippen molar-refractivity contribution in [1.82, 2.24) is 4.57 Å². The minimum absolute atomic E-state index is 0.107. The Kier molecular flexibility index (Phi) is 3.51. The topological polar surface area (TPSA) is 49.9 Å². The van der Waals surface area contributed by atoms with E-state index >= 15 is 0 Å². The molecule has 1 N–H and O–H groups in total. The largest absolute Gasteiger partial charge is 0.493 e. The first-order valence-corrected chi connectivity index (χ1v) is 7.31. The summed E-state index contributed by atoms with van der Waals surface area (Å²) < 4.78 is 2.63. The van der Waals surface area contributed by atoms with Gasteiger partial charge in [-0.15, -0.1) is 5.11 Å². The lowest BCUT2D eigenvalue weighted by atomic mass is 10.1. The van der Waals surface area contributed by atoms with Gasteiger partial charge in [0.15, 0.2) is 5.69 Å². The van der Waals surface area contributed by atoms with Crippen molar-refractivity contribution in [2.24, 2.45) is 17.3 Å². The van der Waals surface area contributed by atoms with E-state index in [0.717, 1.165) is 26.6 Å². The van der Waals surface area contributed by atoms with Gasteiger partial charge in [-0.05, 0) is 52.7 Å². The minimum Gasteiger partial charge on any atom is -0.493 e. The number of aryl methyl sites for hydroxylation is 2. The Bertz CT molecular complexity index is 838. The molecular formula is C16H14BrN3O. The van der Waals surface area contributed by atoms with Crippen LogP contribution in [0.4, 0.5) is 11.4 Å². The smallest absolute Gasteiger partial charge is 0.220 e. The highest BCUT2D eigenvalue weighted by atomic mass is 79.9. The van der Waals surface area contributed by atoms with E-state index in [1.165, 1.54) is 0 Å². The summed E-state index contributed by atoms with van der Waals surface area (Å²) in [5.41, 5.74) is 3.23. The number of halogens is 1. The summed E-state index contributed by atoms with van der Waals surface area (Å²) in [5, 5.41) is 19.6. The lowest BCUT2D eigenvalue weighted by Crippen LogP contribution is -1.87. The van der Waals surface area contributed by atoms with Crippen LogP contribution in [0, 0.1) is 6.92 Å². The van der Waals surface area contributed by atoms with Crippen LogP contribution in [-0.2, 0) is 7.05 Å². The van der Waals surface area contributed by atoms with Crippen LogP contribution < -0.4 is 0 Å². The maximum Gasteiger partial charge on any atom is 0.220 e. The summed E-state index contributed by atoms with van der Waals surface area (Å²) in [7, 11) is 1.80. The fourth-order valence-corrected chi connectivity index (χ4v) is 3.18. The van der Waals surface area contributed by atoms with Crippen molar-refractivity contribution in [1.29, 1.82) is 0 Å². The standard InChI is InChI=1S/C16H14BrN3O/c1-10-8-12-14(19-18-11-6-4-3-5-7-11)16(21)20(2)15(12)13(17)9-10/h3-9,21H,1-2H3. The van der Waals surface area contributed by atoms with Gasteiger partial charge in [0.2, 0.25) is 5.88 Å². The Hall–Kier alpha value is -2.14. The van der Waals surface area contributed by atoms with Crippen LogP contribution in [-0.4, -0.2) is 9.67 Å². The van der Waals surface area contributed by atoms with Gasteiger partial charge in [-0.1, -0.05) is 18.2 Å². The van der Waals surface area contributed by atoms with Gasteiger partial charge in [0.1, 0.15) is 0 Å². The zero-order valence-corrected chi connectivity index (χ0v) is 13.3. The second-order valence-electron chi connectivity index (χ2n) is 4.91. The maximum absolute atomic E-state index is 10.3. The Morgan fingerprint density at radius 3 is 2.52 bits per heavy atom. The molecule has 0 bridgehead atoms. The highest BCUT2D eigenvalue weighted by molar-refractivity contribution is 9.10. The first-order valence-electron chi connectivity index (χ1n) is 6.52. The van der Waals surface area contributed by atoms with Gasteiger partial charge < -0.3 is 9.67 Å². The number of benzene rings is 2. The molecule has 0 aliphatic carbocycles. The molecule has 0 fully saturated rings. The molecule has 0 radical (unpaired) electrons. The van der Waals surface area contributed by atoms with Crippen LogP contribution in [0.25, 0.3) is 10.9 Å². The lowest BCUT2D eigenvalue weighted by Gasteiger charge is -2.01. The molecule has 0 saturated heterocycles. The highest BCUT2D eigenvalue weighted by Gasteiger charge is 2.16. The Balaban J connectivity index is 2.19. The summed E-state index contributed by atoms with van der Waals surface area (Å²) in [6.45, 7) is 2.01. The number of hydrogen-bond donors (Lipinski definition) is 1. The van der Waals surface area contributed by atoms with Crippen LogP contribution in [0.2, 0.25) is 0 Å². The molecule has 0 aliphatic heterocycles. The molecule has 0 amide bonds. The SMILES string of the molecule is Cc1cc(Br)c2c(c1)c(N=Nc1ccccc1)c(O)n2C. The van der Waals surface area contributed by atoms with E-state index < -0.39 is 0 Å². The number of nitrogens with zero attached hydrogens (tertiary/aromatic N) is 3. The third-order valence-electron chi connectivity index (χ3n) is 3.35. The predicted octanol–water partition coefficient (Wildman–Crippen LogP) is 5.37. The molecular weight excluding hydrogens is 330 g/mol. The van der Waals surface area contributed by atoms with Crippen molar-refractivity contribution in [2.75, 3.05) is 0 Å². The lowest BCUT2D eigenvalue weighted by molar-refractivity contribution is 0.436. The average molecular weight is 344 g/mol. The molecule has 4 nitrogen and oxygen atoms in total. The van der Waals surface area contributed by atoms with Crippen LogP contribution in [0.5, 0.6) is 5.88 Å². The van der Waals surface area contributed by atoms with Crippen molar-refractivity contribution in [3.63, 3.8) is 0 Å². The van der Waals surface area contributed by atoms with Crippen molar-refractivity contribution < 1.29 is 5.11 Å². The number of rotatable bonds is 2. The Morgan fingerprint density at radius 2 is 1.81 bits per heavy atom. The second kappa shape index (κ2) is 5.33. The first-order chi connectivity index (χ1) is 10.1. The quantitative estimate of drug-likeness (QED) is 0.624. The molecule has 0 unspecified atom stereocenters. The van der Waals surface area contributed by atoms with E-state index in [-0.39, 0.29) is 5.88 Å². The summed E-state index contributed by atoms with van der Waals surface area (Å²) in [6, 6.07) is 13.5. The van der Waals surface area contributed by atoms with E-state index in [9.17, 15) is 5.11 Å². The van der Waals surface area contributed by atoms with E-state index in [4.69, 9.17) is 0 Å². The third-order valence-corrected chi connectivity index (χ3v) is 3.95. The first kappa shape index (κ1) is 13.8. The molecule has 1 aromatic heterocycles. The van der Waals surface area contributed by atoms with Gasteiger partial charge in [0, 0.05) is 16.9 Å². The number of fused-ring (bicyclic) bond motifs is 1. The van der Waals surface area contributed by atoms with Crippen molar-refractivity contribution in [3.8, 4) is 5.88 Å². The normalized spacial score (nSPS) is 11.6. The zero-order chi connectivity index (χ0) is 15.0. The maximum atomic E-state index is 10.3. The van der Waals surface area contributed by atoms with Crippen molar-refractivity contribution in [2.45, 2.75) is 6.92 Å². The van der Waals surface area contributed by atoms with Gasteiger partial charge in [-0.3, -0.25) is 0 Å². The molecule has 21 heavy (non-hydrogen) atoms. The summed E-state index contributed by atoms with van der Waals surface area (Å²) in [5.74, 6) is 0.107. The summed E-state index contributed by atoms with van der Waals surface area (Å²) >= 11 is 3.54. The third kappa shape index (κ3) is 2.45. The van der Waals surface area contributed by atoms with Crippen LogP contribution in [0.15, 0.2) is 57.2 Å². The molecule has 3 aromatic rings. The molecule has 2 aromatic carbocycles. The monoisotopic (exact) mass is 343 g/mol. The van der Waals surface area contributed by atoms with E-state index in [2.05, 4.69) is 26.2 Å². The molecule has 3 rings (SSSR count). The van der Waals surface area contributed by atoms with Gasteiger partial charge >= 0.3 is 0 Å². The molecule has 0 saturated carbocycles.